The van der Waals surface area contributed by atoms with E-state index in [4.69, 9.17) is 51.1 Å². The van der Waals surface area contributed by atoms with Crippen molar-refractivity contribution in [2.75, 3.05) is 0 Å². The van der Waals surface area contributed by atoms with Crippen LogP contribution in [0.15, 0.2) is 0 Å². The zero-order valence-electron chi connectivity index (χ0n) is 16.9. The summed E-state index contributed by atoms with van der Waals surface area (Å²) in [5, 5.41) is 32.6. The molecule has 0 aromatic heterocycles. The zero-order chi connectivity index (χ0) is 20.7. The first-order valence-electron chi connectivity index (χ1n) is 6.95. The maximum absolute atomic E-state index is 9.00. The summed E-state index contributed by atoms with van der Waals surface area (Å²) >= 11 is 0. The fourth-order valence-electron chi connectivity index (χ4n) is 0.630. The van der Waals surface area contributed by atoms with Gasteiger partial charge in [-0.3, -0.25) is 9.59 Å². The molecule has 0 aromatic carbocycles. The van der Waals surface area contributed by atoms with E-state index < -0.39 is 23.9 Å². The van der Waals surface area contributed by atoms with Crippen molar-refractivity contribution in [2.24, 2.45) is 11.5 Å². The van der Waals surface area contributed by atoms with E-state index >= 15 is 0 Å². The predicted octanol–water partition coefficient (Wildman–Crippen LogP) is -7.49. The van der Waals surface area contributed by atoms with Gasteiger partial charge in [0.05, 0.1) is 6.17 Å². The summed E-state index contributed by atoms with van der Waals surface area (Å²) in [5.41, 5.74) is 10.6. The van der Waals surface area contributed by atoms with E-state index in [1.165, 1.54) is 19.3 Å². The van der Waals surface area contributed by atoms with Crippen LogP contribution >= 0.6 is 0 Å². The average molecular weight is 400 g/mol. The number of aliphatic carboxylic acids is 4. The SMILES string of the molecule is CC(=O)O.CC(=O)O.CC(=O)[O-].CC(=O)[O-].CCCCCC(N)N.[Na+].[Na+]. The van der Waals surface area contributed by atoms with Gasteiger partial charge in [0.15, 0.2) is 0 Å². The van der Waals surface area contributed by atoms with Gasteiger partial charge in [-0.05, 0) is 20.3 Å². The van der Waals surface area contributed by atoms with Gasteiger partial charge in [-0.1, -0.05) is 26.2 Å². The summed E-state index contributed by atoms with van der Waals surface area (Å²) in [7, 11) is 0. The van der Waals surface area contributed by atoms with Crippen LogP contribution in [0.3, 0.4) is 0 Å². The fourth-order valence-corrected chi connectivity index (χ4v) is 0.630. The predicted molar refractivity (Wildman–Crippen MR) is 84.3 cm³/mol. The van der Waals surface area contributed by atoms with Crippen LogP contribution in [0.2, 0.25) is 0 Å². The maximum atomic E-state index is 9.00. The molecular weight excluding hydrogens is 370 g/mol. The number of hydrogen-bond donors (Lipinski definition) is 4. The Bertz CT molecular complexity index is 266. The van der Waals surface area contributed by atoms with E-state index in [2.05, 4.69) is 6.92 Å². The Morgan fingerprint density at radius 2 is 1.00 bits per heavy atom. The Hall–Kier alpha value is -0.200. The van der Waals surface area contributed by atoms with E-state index in [1.807, 2.05) is 0 Å². The first kappa shape index (κ1) is 44.9. The minimum atomic E-state index is -1.08. The molecule has 0 bridgehead atoms. The van der Waals surface area contributed by atoms with E-state index in [1.54, 1.807) is 0 Å². The molecule has 10 nitrogen and oxygen atoms in total. The molecule has 0 unspecified atom stereocenters. The number of unbranched alkanes of at least 4 members (excludes halogenated alkanes) is 2. The molecule has 0 amide bonds. The molecule has 146 valence electrons. The van der Waals surface area contributed by atoms with Crippen molar-refractivity contribution in [2.45, 2.75) is 66.5 Å². The number of hydrogen-bond acceptors (Lipinski definition) is 8. The van der Waals surface area contributed by atoms with Crippen molar-refractivity contribution >= 4 is 23.9 Å². The number of carboxylic acid groups (broad SMARTS) is 4. The van der Waals surface area contributed by atoms with Gasteiger partial charge >= 0.3 is 59.1 Å². The summed E-state index contributed by atoms with van der Waals surface area (Å²) in [6, 6.07) is 0. The number of nitrogens with two attached hydrogens (primary N) is 2. The molecule has 0 radical (unpaired) electrons. The van der Waals surface area contributed by atoms with Crippen molar-refractivity contribution in [3.63, 3.8) is 0 Å². The summed E-state index contributed by atoms with van der Waals surface area (Å²) in [4.78, 5) is 35.8. The van der Waals surface area contributed by atoms with Crippen LogP contribution in [0.4, 0.5) is 0 Å². The smallest absolute Gasteiger partial charge is 0.550 e. The van der Waals surface area contributed by atoms with Crippen molar-refractivity contribution in [1.29, 1.82) is 0 Å². The molecule has 0 heterocycles. The fraction of sp³-hybridized carbons (Fsp3) is 0.714. The minimum absolute atomic E-state index is 0. The topological polar surface area (TPSA) is 207 Å². The molecule has 26 heavy (non-hydrogen) atoms. The maximum Gasteiger partial charge on any atom is 1.00 e. The first-order chi connectivity index (χ1) is 10.7. The number of carbonyl (C=O) groups is 4. The second-order valence-electron chi connectivity index (χ2n) is 4.18. The molecule has 0 spiro atoms. The van der Waals surface area contributed by atoms with E-state index in [-0.39, 0.29) is 65.3 Å². The van der Waals surface area contributed by atoms with Gasteiger partial charge in [-0.2, -0.15) is 0 Å². The van der Waals surface area contributed by atoms with Crippen molar-refractivity contribution in [3.05, 3.63) is 0 Å². The molecule has 6 N–H and O–H groups in total. The number of carbonyl (C=O) groups excluding carboxylic acids is 2. The molecule has 0 rings (SSSR count). The third-order valence-electron chi connectivity index (χ3n) is 1.14. The van der Waals surface area contributed by atoms with Gasteiger partial charge in [-0.15, -0.1) is 0 Å². The normalized spacial score (nSPS) is 7.08. The third-order valence-corrected chi connectivity index (χ3v) is 1.14. The molecule has 0 aliphatic rings. The van der Waals surface area contributed by atoms with Crippen molar-refractivity contribution in [1.82, 2.24) is 0 Å². The Morgan fingerprint density at radius 1 is 0.808 bits per heavy atom. The van der Waals surface area contributed by atoms with Crippen molar-refractivity contribution < 1.29 is 98.7 Å². The molecule has 0 saturated heterocycles. The summed E-state index contributed by atoms with van der Waals surface area (Å²) in [5.74, 6) is -3.83. The van der Waals surface area contributed by atoms with Gasteiger partial charge in [0, 0.05) is 25.8 Å². The van der Waals surface area contributed by atoms with Crippen LogP contribution in [0.5, 0.6) is 0 Å². The van der Waals surface area contributed by atoms with Gasteiger partial charge in [0.25, 0.3) is 11.9 Å². The molecule has 0 aliphatic carbocycles. The van der Waals surface area contributed by atoms with E-state index in [9.17, 15) is 0 Å². The Kier molecular flexibility index (Phi) is 68.6. The van der Waals surface area contributed by atoms with Crippen molar-refractivity contribution in [3.8, 4) is 0 Å². The van der Waals surface area contributed by atoms with E-state index in [0.29, 0.717) is 0 Å². The Balaban J connectivity index is -0.0000000355. The largest absolute Gasteiger partial charge is 1.00 e. The van der Waals surface area contributed by atoms with Gasteiger partial charge in [0.1, 0.15) is 0 Å². The van der Waals surface area contributed by atoms with Crippen LogP contribution in [-0.2, 0) is 19.2 Å². The molecule has 0 atom stereocenters. The standard InChI is InChI=1S/C6H16N2.4C2H4O2.2Na/c1-2-3-4-5-6(7)8;4*1-2(3)4;;/h6H,2-5,7-8H2,1H3;4*1H3,(H,3,4);;/q;;;;;2*+1/p-2. The van der Waals surface area contributed by atoms with Crippen LogP contribution in [0.1, 0.15) is 60.3 Å². The first-order valence-corrected chi connectivity index (χ1v) is 6.95. The van der Waals surface area contributed by atoms with Gasteiger partial charge < -0.3 is 41.5 Å². The van der Waals surface area contributed by atoms with Gasteiger partial charge in [-0.25, -0.2) is 0 Å². The Labute approximate surface area is 199 Å². The summed E-state index contributed by atoms with van der Waals surface area (Å²) in [6.45, 7) is 6.28. The van der Waals surface area contributed by atoms with Gasteiger partial charge in [0.2, 0.25) is 0 Å². The number of rotatable bonds is 4. The molecule has 12 heteroatoms. The van der Waals surface area contributed by atoms with Crippen LogP contribution in [0.25, 0.3) is 0 Å². The second kappa shape index (κ2) is 39.7. The molecule has 0 aliphatic heterocycles. The molecule has 0 fully saturated rings. The van der Waals surface area contributed by atoms with E-state index in [0.717, 1.165) is 34.1 Å². The second-order valence-corrected chi connectivity index (χ2v) is 4.18. The Morgan fingerprint density at radius 3 is 1.12 bits per heavy atom. The quantitative estimate of drug-likeness (QED) is 0.199. The molecular formula is C14H30N2Na2O8. The third kappa shape index (κ3) is 537. The number of carboxylic acids is 4. The van der Waals surface area contributed by atoms with Crippen LogP contribution in [0, 0.1) is 0 Å². The average Bonchev–Trinajstić information content (AvgIpc) is 2.25. The molecule has 0 aromatic rings. The van der Waals surface area contributed by atoms with Crippen LogP contribution in [-0.4, -0.2) is 40.3 Å². The zero-order valence-corrected chi connectivity index (χ0v) is 20.9. The monoisotopic (exact) mass is 400 g/mol. The molecule has 0 saturated carbocycles. The summed E-state index contributed by atoms with van der Waals surface area (Å²) in [6.07, 6.45) is 4.54. The summed E-state index contributed by atoms with van der Waals surface area (Å²) < 4.78 is 0. The van der Waals surface area contributed by atoms with Crippen LogP contribution < -0.4 is 80.8 Å². The minimum Gasteiger partial charge on any atom is -0.550 e.